The molecule has 1 aromatic carbocycles. The third-order valence-corrected chi connectivity index (χ3v) is 4.90. The average Bonchev–Trinajstić information content (AvgIpc) is 2.83. The topological polar surface area (TPSA) is 21.3 Å². The van der Waals surface area contributed by atoms with Crippen LogP contribution in [0.4, 0.5) is 4.39 Å². The highest BCUT2D eigenvalue weighted by Gasteiger charge is 2.59. The molecule has 4 atom stereocenters. The van der Waals surface area contributed by atoms with Crippen molar-refractivity contribution < 1.29 is 9.13 Å². The number of hydrogen-bond donors (Lipinski definition) is 1. The average molecular weight is 263 g/mol. The van der Waals surface area contributed by atoms with Crippen molar-refractivity contribution in [2.75, 3.05) is 6.61 Å². The van der Waals surface area contributed by atoms with Gasteiger partial charge in [0, 0.05) is 30.0 Å². The number of fused-ring (bicyclic) bond motifs is 1. The van der Waals surface area contributed by atoms with E-state index < -0.39 is 0 Å². The highest BCUT2D eigenvalue weighted by Crippen LogP contribution is 2.52. The molecule has 0 spiro atoms. The molecule has 19 heavy (non-hydrogen) atoms. The Morgan fingerprint density at radius 3 is 2.68 bits per heavy atom. The van der Waals surface area contributed by atoms with E-state index in [0.29, 0.717) is 18.1 Å². The fourth-order valence-electron chi connectivity index (χ4n) is 3.78. The molecule has 0 bridgehead atoms. The minimum atomic E-state index is -0.177. The standard InChI is InChI=1S/C16H22FNO/c1-10(11-4-6-12(17)7-5-11)18-14-13-8-9-19-15(13)16(14,2)3/h4-7,10,13-15,18H,8-9H2,1-3H3/t10-,13?,14?,15?/m1/s1. The number of nitrogens with one attached hydrogen (secondary N) is 1. The van der Waals surface area contributed by atoms with Crippen molar-refractivity contribution in [3.05, 3.63) is 35.6 Å². The van der Waals surface area contributed by atoms with Crippen molar-refractivity contribution in [1.82, 2.24) is 5.32 Å². The van der Waals surface area contributed by atoms with Crippen LogP contribution in [0.25, 0.3) is 0 Å². The maximum atomic E-state index is 13.0. The first kappa shape index (κ1) is 13.1. The molecule has 1 aliphatic carbocycles. The van der Waals surface area contributed by atoms with Gasteiger partial charge in [-0.2, -0.15) is 0 Å². The molecule has 1 aromatic rings. The molecule has 1 saturated carbocycles. The zero-order valence-electron chi connectivity index (χ0n) is 11.8. The SMILES string of the molecule is C[C@@H](NC1C2CCOC2C1(C)C)c1ccc(F)cc1. The van der Waals surface area contributed by atoms with E-state index in [-0.39, 0.29) is 17.3 Å². The first-order valence-corrected chi connectivity index (χ1v) is 7.13. The normalized spacial score (nSPS) is 33.6. The van der Waals surface area contributed by atoms with E-state index in [1.165, 1.54) is 12.1 Å². The fraction of sp³-hybridized carbons (Fsp3) is 0.625. The lowest BCUT2D eigenvalue weighted by molar-refractivity contribution is -0.115. The van der Waals surface area contributed by atoms with Crippen molar-refractivity contribution in [3.63, 3.8) is 0 Å². The predicted molar refractivity (Wildman–Crippen MR) is 73.4 cm³/mol. The van der Waals surface area contributed by atoms with Gasteiger partial charge in [-0.05, 0) is 31.0 Å². The summed E-state index contributed by atoms with van der Waals surface area (Å²) >= 11 is 0. The molecule has 1 N–H and O–H groups in total. The van der Waals surface area contributed by atoms with Gasteiger partial charge in [-0.3, -0.25) is 0 Å². The number of halogens is 1. The Balaban J connectivity index is 1.69. The minimum absolute atomic E-state index is 0.177. The third-order valence-electron chi connectivity index (χ3n) is 4.90. The predicted octanol–water partition coefficient (Wildman–Crippen LogP) is 3.29. The lowest BCUT2D eigenvalue weighted by Gasteiger charge is -2.55. The molecule has 2 aliphatic rings. The van der Waals surface area contributed by atoms with Crippen molar-refractivity contribution in [3.8, 4) is 0 Å². The Bertz CT molecular complexity index is 456. The highest BCUT2D eigenvalue weighted by molar-refractivity contribution is 5.21. The van der Waals surface area contributed by atoms with Crippen LogP contribution in [0, 0.1) is 17.2 Å². The summed E-state index contributed by atoms with van der Waals surface area (Å²) < 4.78 is 18.8. The van der Waals surface area contributed by atoms with Crippen LogP contribution in [0.1, 0.15) is 38.8 Å². The van der Waals surface area contributed by atoms with Crippen LogP contribution in [0.3, 0.4) is 0 Å². The molecule has 3 heteroatoms. The Kier molecular flexibility index (Phi) is 3.14. The largest absolute Gasteiger partial charge is 0.377 e. The van der Waals surface area contributed by atoms with Gasteiger partial charge < -0.3 is 10.1 Å². The summed E-state index contributed by atoms with van der Waals surface area (Å²) in [4.78, 5) is 0. The van der Waals surface area contributed by atoms with Crippen molar-refractivity contribution in [2.24, 2.45) is 11.3 Å². The first-order valence-electron chi connectivity index (χ1n) is 7.13. The fourth-order valence-corrected chi connectivity index (χ4v) is 3.78. The van der Waals surface area contributed by atoms with Crippen LogP contribution in [-0.2, 0) is 4.74 Å². The molecule has 1 heterocycles. The molecule has 3 rings (SSSR count). The van der Waals surface area contributed by atoms with Crippen LogP contribution in [0.2, 0.25) is 0 Å². The first-order chi connectivity index (χ1) is 9.00. The third kappa shape index (κ3) is 2.09. The summed E-state index contributed by atoms with van der Waals surface area (Å²) in [7, 11) is 0. The second-order valence-electron chi connectivity index (χ2n) is 6.48. The Labute approximate surface area is 114 Å². The van der Waals surface area contributed by atoms with E-state index in [2.05, 4.69) is 26.1 Å². The molecule has 0 amide bonds. The summed E-state index contributed by atoms with van der Waals surface area (Å²) in [5.74, 6) is 0.460. The van der Waals surface area contributed by atoms with Crippen molar-refractivity contribution in [2.45, 2.75) is 45.4 Å². The lowest BCUT2D eigenvalue weighted by atomic mass is 9.57. The van der Waals surface area contributed by atoms with E-state index in [9.17, 15) is 4.39 Å². The summed E-state index contributed by atoms with van der Waals surface area (Å²) in [5, 5.41) is 3.71. The highest BCUT2D eigenvalue weighted by atomic mass is 19.1. The van der Waals surface area contributed by atoms with Gasteiger partial charge in [0.05, 0.1) is 6.10 Å². The minimum Gasteiger partial charge on any atom is -0.377 e. The van der Waals surface area contributed by atoms with Crippen LogP contribution >= 0.6 is 0 Å². The number of hydrogen-bond acceptors (Lipinski definition) is 2. The van der Waals surface area contributed by atoms with E-state index in [1.807, 2.05) is 12.1 Å². The summed E-state index contributed by atoms with van der Waals surface area (Å²) in [6, 6.07) is 7.51. The van der Waals surface area contributed by atoms with Crippen LogP contribution < -0.4 is 5.32 Å². The van der Waals surface area contributed by atoms with Gasteiger partial charge in [0.25, 0.3) is 0 Å². The zero-order valence-corrected chi connectivity index (χ0v) is 11.8. The molecule has 104 valence electrons. The van der Waals surface area contributed by atoms with Crippen molar-refractivity contribution >= 4 is 0 Å². The summed E-state index contributed by atoms with van der Waals surface area (Å²) in [6.07, 6.45) is 1.56. The monoisotopic (exact) mass is 263 g/mol. The van der Waals surface area contributed by atoms with E-state index in [1.54, 1.807) is 0 Å². The quantitative estimate of drug-likeness (QED) is 0.903. The maximum Gasteiger partial charge on any atom is 0.123 e. The Morgan fingerprint density at radius 2 is 2.00 bits per heavy atom. The van der Waals surface area contributed by atoms with Gasteiger partial charge in [0.2, 0.25) is 0 Å². The molecule has 2 nitrogen and oxygen atoms in total. The molecule has 2 fully saturated rings. The zero-order chi connectivity index (χ0) is 13.6. The van der Waals surface area contributed by atoms with Crippen LogP contribution in [-0.4, -0.2) is 18.8 Å². The number of rotatable bonds is 3. The van der Waals surface area contributed by atoms with Crippen molar-refractivity contribution in [1.29, 1.82) is 0 Å². The van der Waals surface area contributed by atoms with Crippen LogP contribution in [0.5, 0.6) is 0 Å². The molecule has 1 aliphatic heterocycles. The van der Waals surface area contributed by atoms with Gasteiger partial charge in [0.1, 0.15) is 5.82 Å². The Morgan fingerprint density at radius 1 is 1.32 bits per heavy atom. The molecule has 0 aromatic heterocycles. The second-order valence-corrected chi connectivity index (χ2v) is 6.48. The van der Waals surface area contributed by atoms with E-state index >= 15 is 0 Å². The lowest BCUT2D eigenvalue weighted by Crippen LogP contribution is -2.66. The summed E-state index contributed by atoms with van der Waals surface area (Å²) in [6.45, 7) is 7.58. The molecule has 3 unspecified atom stereocenters. The Hall–Kier alpha value is -0.930. The number of ether oxygens (including phenoxy) is 1. The van der Waals surface area contributed by atoms with Gasteiger partial charge >= 0.3 is 0 Å². The molecular formula is C16H22FNO. The summed E-state index contributed by atoms with van der Waals surface area (Å²) in [5.41, 5.74) is 1.33. The second kappa shape index (κ2) is 4.57. The van der Waals surface area contributed by atoms with E-state index in [0.717, 1.165) is 18.6 Å². The smallest absolute Gasteiger partial charge is 0.123 e. The molecule has 0 radical (unpaired) electrons. The van der Waals surface area contributed by atoms with Gasteiger partial charge in [-0.25, -0.2) is 4.39 Å². The van der Waals surface area contributed by atoms with Crippen LogP contribution in [0.15, 0.2) is 24.3 Å². The van der Waals surface area contributed by atoms with E-state index in [4.69, 9.17) is 4.74 Å². The van der Waals surface area contributed by atoms with Gasteiger partial charge in [-0.15, -0.1) is 0 Å². The number of benzene rings is 1. The van der Waals surface area contributed by atoms with Gasteiger partial charge in [0.15, 0.2) is 0 Å². The molecule has 1 saturated heterocycles. The maximum absolute atomic E-state index is 13.0. The molecular weight excluding hydrogens is 241 g/mol. The van der Waals surface area contributed by atoms with Gasteiger partial charge in [-0.1, -0.05) is 26.0 Å².